The molecule has 0 aromatic carbocycles. The molecule has 0 aliphatic carbocycles. The average molecular weight is 283 g/mol. The number of fused-ring (bicyclic) bond motifs is 1. The molecule has 0 saturated carbocycles. The molecule has 106 valence electrons. The Bertz CT molecular complexity index is 662. The molecule has 3 atom stereocenters. The summed E-state index contributed by atoms with van der Waals surface area (Å²) in [6, 6.07) is 0. The fraction of sp³-hybridized carbons (Fsp3) is 0.500. The van der Waals surface area contributed by atoms with E-state index in [4.69, 9.17) is 9.84 Å². The van der Waals surface area contributed by atoms with E-state index in [0.717, 1.165) is 6.33 Å². The third-order valence-corrected chi connectivity index (χ3v) is 3.12. The Morgan fingerprint density at radius 1 is 1.55 bits per heavy atom. The second kappa shape index (κ2) is 4.72. The van der Waals surface area contributed by atoms with Crippen LogP contribution < -0.4 is 0 Å². The van der Waals surface area contributed by atoms with Crippen molar-refractivity contribution < 1.29 is 19.2 Å². The normalized spacial score (nSPS) is 26.2. The van der Waals surface area contributed by atoms with Crippen molar-refractivity contribution in [2.45, 2.75) is 24.9 Å². The number of hydrogen-bond acceptors (Lipinski definition) is 7. The average Bonchev–Trinajstić information content (AvgIpc) is 3.01. The topological polar surface area (TPSA) is 116 Å². The largest absolute Gasteiger partial charge is 0.395 e. The summed E-state index contributed by atoms with van der Waals surface area (Å²) in [5.74, 6) is -0.444. The lowest BCUT2D eigenvalue weighted by molar-refractivity contribution is -0.387. The molecule has 0 radical (unpaired) electrons. The van der Waals surface area contributed by atoms with Crippen molar-refractivity contribution in [3.8, 4) is 0 Å². The molecule has 2 aromatic rings. The van der Waals surface area contributed by atoms with E-state index >= 15 is 0 Å². The number of rotatable bonds is 3. The molecule has 0 bridgehead atoms. The summed E-state index contributed by atoms with van der Waals surface area (Å²) in [4.78, 5) is 21.4. The SMILES string of the molecule is O=[N+]([O-])c1ncnc2c1ncn2[C@H]1O[C@@H](CO)C[C@@H]1F. The van der Waals surface area contributed by atoms with Crippen LogP contribution in [0, 0.1) is 10.1 Å². The van der Waals surface area contributed by atoms with Gasteiger partial charge in [-0.2, -0.15) is 4.98 Å². The molecule has 1 N–H and O–H groups in total. The summed E-state index contributed by atoms with van der Waals surface area (Å²) in [5.41, 5.74) is 0.0960. The zero-order valence-electron chi connectivity index (χ0n) is 10.1. The van der Waals surface area contributed by atoms with Gasteiger partial charge in [-0.05, 0) is 9.91 Å². The Hall–Kier alpha value is -2.20. The highest BCUT2D eigenvalue weighted by molar-refractivity contribution is 5.78. The number of nitrogens with zero attached hydrogens (tertiary/aromatic N) is 5. The number of ether oxygens (including phenoxy) is 1. The summed E-state index contributed by atoms with van der Waals surface area (Å²) in [6.45, 7) is -0.293. The van der Waals surface area contributed by atoms with Crippen molar-refractivity contribution in [3.05, 3.63) is 22.8 Å². The van der Waals surface area contributed by atoms with Crippen LogP contribution in [0.2, 0.25) is 0 Å². The van der Waals surface area contributed by atoms with Crippen LogP contribution in [0.3, 0.4) is 0 Å². The minimum Gasteiger partial charge on any atom is -0.394 e. The van der Waals surface area contributed by atoms with Crippen molar-refractivity contribution in [2.75, 3.05) is 6.61 Å². The molecule has 0 amide bonds. The van der Waals surface area contributed by atoms with Crippen LogP contribution in [-0.4, -0.2) is 48.4 Å². The first-order valence-corrected chi connectivity index (χ1v) is 5.84. The summed E-state index contributed by atoms with van der Waals surface area (Å²) in [5, 5.41) is 19.8. The molecule has 1 aliphatic heterocycles. The van der Waals surface area contributed by atoms with Crippen LogP contribution in [0.4, 0.5) is 10.2 Å². The van der Waals surface area contributed by atoms with E-state index in [9.17, 15) is 14.5 Å². The van der Waals surface area contributed by atoms with Gasteiger partial charge in [-0.1, -0.05) is 0 Å². The summed E-state index contributed by atoms with van der Waals surface area (Å²) < 4.78 is 20.5. The zero-order valence-corrected chi connectivity index (χ0v) is 10.1. The van der Waals surface area contributed by atoms with Crippen LogP contribution in [0.15, 0.2) is 12.7 Å². The third-order valence-electron chi connectivity index (χ3n) is 3.12. The highest BCUT2D eigenvalue weighted by Gasteiger charge is 2.37. The van der Waals surface area contributed by atoms with Crippen molar-refractivity contribution in [1.29, 1.82) is 0 Å². The van der Waals surface area contributed by atoms with Crippen LogP contribution in [-0.2, 0) is 4.74 Å². The molecule has 10 heteroatoms. The number of aliphatic hydroxyl groups is 1. The predicted molar refractivity (Wildman–Crippen MR) is 62.5 cm³/mol. The first kappa shape index (κ1) is 12.8. The van der Waals surface area contributed by atoms with E-state index in [0.29, 0.717) is 0 Å². The van der Waals surface area contributed by atoms with Gasteiger partial charge in [0.05, 0.1) is 19.0 Å². The summed E-state index contributed by atoms with van der Waals surface area (Å²) in [7, 11) is 0. The lowest BCUT2D eigenvalue weighted by Crippen LogP contribution is -2.16. The quantitative estimate of drug-likeness (QED) is 0.638. The number of alkyl halides is 1. The number of imidazole rings is 1. The minimum absolute atomic E-state index is 0.0271. The fourth-order valence-corrected chi connectivity index (χ4v) is 2.22. The molecule has 0 unspecified atom stereocenters. The van der Waals surface area contributed by atoms with Crippen LogP contribution >= 0.6 is 0 Å². The maximum absolute atomic E-state index is 13.9. The van der Waals surface area contributed by atoms with Gasteiger partial charge in [0.25, 0.3) is 0 Å². The van der Waals surface area contributed by atoms with E-state index in [1.54, 1.807) is 0 Å². The van der Waals surface area contributed by atoms with Crippen LogP contribution in [0.25, 0.3) is 11.2 Å². The van der Waals surface area contributed by atoms with Gasteiger partial charge in [0.15, 0.2) is 11.9 Å². The van der Waals surface area contributed by atoms with E-state index < -0.39 is 29.2 Å². The van der Waals surface area contributed by atoms with E-state index in [-0.39, 0.29) is 24.2 Å². The van der Waals surface area contributed by atoms with Gasteiger partial charge in [0.1, 0.15) is 6.17 Å². The Morgan fingerprint density at radius 2 is 2.35 bits per heavy atom. The standard InChI is InChI=1S/C10H10FN5O4/c11-6-1-5(2-17)20-10(6)15-4-14-7-8(15)12-3-13-9(7)16(18)19/h3-6,10,17H,1-2H2/t5-,6+,10+/m1/s1. The predicted octanol–water partition coefficient (Wildman–Crippen LogP) is 0.352. The molecule has 1 fully saturated rings. The summed E-state index contributed by atoms with van der Waals surface area (Å²) >= 11 is 0. The monoisotopic (exact) mass is 283 g/mol. The van der Waals surface area contributed by atoms with Gasteiger partial charge >= 0.3 is 5.82 Å². The van der Waals surface area contributed by atoms with Gasteiger partial charge in [-0.15, -0.1) is 0 Å². The van der Waals surface area contributed by atoms with Crippen LogP contribution in [0.5, 0.6) is 0 Å². The highest BCUT2D eigenvalue weighted by Crippen LogP contribution is 2.33. The molecule has 9 nitrogen and oxygen atoms in total. The summed E-state index contributed by atoms with van der Waals surface area (Å²) in [6.07, 6.45) is -0.670. The van der Waals surface area contributed by atoms with Crippen molar-refractivity contribution >= 4 is 17.0 Å². The molecular weight excluding hydrogens is 273 g/mol. The number of aromatic nitrogens is 4. The van der Waals surface area contributed by atoms with E-state index in [1.165, 1.54) is 10.9 Å². The molecule has 3 rings (SSSR count). The van der Waals surface area contributed by atoms with Crippen LogP contribution in [0.1, 0.15) is 12.6 Å². The number of aliphatic hydroxyl groups excluding tert-OH is 1. The highest BCUT2D eigenvalue weighted by atomic mass is 19.1. The number of nitro groups is 1. The fourth-order valence-electron chi connectivity index (χ4n) is 2.22. The Balaban J connectivity index is 2.05. The zero-order chi connectivity index (χ0) is 14.3. The second-order valence-corrected chi connectivity index (χ2v) is 4.36. The molecule has 20 heavy (non-hydrogen) atoms. The second-order valence-electron chi connectivity index (χ2n) is 4.36. The van der Waals surface area contributed by atoms with Gasteiger partial charge in [-0.3, -0.25) is 4.57 Å². The number of hydrogen-bond donors (Lipinski definition) is 1. The van der Waals surface area contributed by atoms with E-state index in [2.05, 4.69) is 15.0 Å². The maximum atomic E-state index is 13.9. The number of halogens is 1. The smallest absolute Gasteiger partial charge is 0.394 e. The Kier molecular flexibility index (Phi) is 3.03. The molecule has 3 heterocycles. The van der Waals surface area contributed by atoms with E-state index in [1.807, 2.05) is 0 Å². The van der Waals surface area contributed by atoms with Gasteiger partial charge in [-0.25, -0.2) is 9.37 Å². The molecule has 0 spiro atoms. The Labute approximate surface area is 111 Å². The Morgan fingerprint density at radius 3 is 3.00 bits per heavy atom. The first-order valence-electron chi connectivity index (χ1n) is 5.84. The molecule has 2 aromatic heterocycles. The van der Waals surface area contributed by atoms with Crippen molar-refractivity contribution in [1.82, 2.24) is 19.5 Å². The lowest BCUT2D eigenvalue weighted by atomic mass is 10.2. The molecule has 1 saturated heterocycles. The van der Waals surface area contributed by atoms with Crippen molar-refractivity contribution in [3.63, 3.8) is 0 Å². The minimum atomic E-state index is -1.35. The first-order chi connectivity index (χ1) is 9.61. The lowest BCUT2D eigenvalue weighted by Gasteiger charge is -2.14. The molecular formula is C10H10FN5O4. The third kappa shape index (κ3) is 1.89. The van der Waals surface area contributed by atoms with Gasteiger partial charge in [0, 0.05) is 6.42 Å². The molecule has 1 aliphatic rings. The van der Waals surface area contributed by atoms with Gasteiger partial charge in [0.2, 0.25) is 11.8 Å². The maximum Gasteiger partial charge on any atom is 0.395 e. The van der Waals surface area contributed by atoms with Crippen molar-refractivity contribution in [2.24, 2.45) is 0 Å². The van der Waals surface area contributed by atoms with Gasteiger partial charge < -0.3 is 20.0 Å².